The minimum atomic E-state index is -0.769. The largest absolute Gasteiger partial charge is 0.481 e. The number of aromatic nitrogens is 3. The zero-order chi connectivity index (χ0) is 36.6. The van der Waals surface area contributed by atoms with Gasteiger partial charge in [0.25, 0.3) is 0 Å². The SMILES string of the molecule is Cc1c(Nc2nccc3cc(CN4CC[C@@H](O)C4)cnc23)cccc1-c1cccc(-c2nc3cc(CN[C@H]4CCC[C@H]4C(=O)O)cc(C#N)c3o2)c1C. The molecule has 11 heteroatoms. The van der Waals surface area contributed by atoms with Gasteiger partial charge in [-0.2, -0.15) is 5.26 Å². The van der Waals surface area contributed by atoms with Crippen molar-refractivity contribution in [3.05, 3.63) is 101 Å². The summed E-state index contributed by atoms with van der Waals surface area (Å²) in [5, 5.41) is 37.5. The second-order valence-corrected chi connectivity index (χ2v) is 14.3. The van der Waals surface area contributed by atoms with Gasteiger partial charge in [-0.15, -0.1) is 0 Å². The molecule has 3 aromatic carbocycles. The number of carbonyl (C=O) groups is 1. The van der Waals surface area contributed by atoms with E-state index in [1.165, 1.54) is 0 Å². The number of anilines is 2. The van der Waals surface area contributed by atoms with E-state index in [9.17, 15) is 20.3 Å². The molecule has 0 amide bonds. The number of aliphatic hydroxyl groups is 1. The minimum Gasteiger partial charge on any atom is -0.481 e. The lowest BCUT2D eigenvalue weighted by Gasteiger charge is -2.17. The van der Waals surface area contributed by atoms with Crippen LogP contribution in [0.1, 0.15) is 53.5 Å². The van der Waals surface area contributed by atoms with Crippen molar-refractivity contribution in [3.8, 4) is 28.7 Å². The Kier molecular flexibility index (Phi) is 9.35. The lowest BCUT2D eigenvalue weighted by Crippen LogP contribution is -2.35. The average Bonchev–Trinajstić information content (AvgIpc) is 3.91. The Morgan fingerprint density at radius 3 is 2.60 bits per heavy atom. The number of pyridine rings is 2. The zero-order valence-electron chi connectivity index (χ0n) is 29.8. The fraction of sp³-hybridized carbons (Fsp3) is 0.310. The molecule has 1 saturated carbocycles. The number of oxazole rings is 1. The van der Waals surface area contributed by atoms with E-state index in [1.807, 2.05) is 42.6 Å². The minimum absolute atomic E-state index is 0.0981. The van der Waals surface area contributed by atoms with Crippen LogP contribution in [0.4, 0.5) is 11.5 Å². The van der Waals surface area contributed by atoms with E-state index >= 15 is 0 Å². The molecule has 2 aliphatic rings. The Morgan fingerprint density at radius 2 is 1.81 bits per heavy atom. The molecular weight excluding hydrogens is 667 g/mol. The molecule has 1 saturated heterocycles. The number of benzene rings is 3. The van der Waals surface area contributed by atoms with Crippen molar-refractivity contribution in [2.45, 2.75) is 64.8 Å². The third kappa shape index (κ3) is 6.84. The highest BCUT2D eigenvalue weighted by Crippen LogP contribution is 2.38. The number of carboxylic acids is 1. The average molecular weight is 708 g/mol. The fourth-order valence-electron chi connectivity index (χ4n) is 7.99. The number of aliphatic hydroxyl groups excluding tert-OH is 1. The molecule has 2 fully saturated rings. The van der Waals surface area contributed by atoms with Gasteiger partial charge in [-0.05, 0) is 103 Å². The highest BCUT2D eigenvalue weighted by Gasteiger charge is 2.32. The monoisotopic (exact) mass is 707 g/mol. The molecule has 1 aliphatic heterocycles. The first-order valence-electron chi connectivity index (χ1n) is 18.2. The first-order valence-corrected chi connectivity index (χ1v) is 18.2. The Hall–Kier alpha value is -5.67. The molecule has 268 valence electrons. The molecule has 3 aromatic heterocycles. The smallest absolute Gasteiger partial charge is 0.308 e. The second kappa shape index (κ2) is 14.4. The van der Waals surface area contributed by atoms with Gasteiger partial charge in [-0.3, -0.25) is 14.7 Å². The summed E-state index contributed by atoms with van der Waals surface area (Å²) in [4.78, 5) is 28.2. The maximum absolute atomic E-state index is 11.7. The Balaban J connectivity index is 1.06. The number of β-amino-alcohol motifs (C(OH)–C–C–N with tert-alkyl or cyclic N) is 1. The zero-order valence-corrected chi connectivity index (χ0v) is 29.8. The van der Waals surface area contributed by atoms with Crippen LogP contribution >= 0.6 is 0 Å². The van der Waals surface area contributed by atoms with E-state index in [1.54, 1.807) is 12.3 Å². The second-order valence-electron chi connectivity index (χ2n) is 14.3. The van der Waals surface area contributed by atoms with Crippen molar-refractivity contribution in [3.63, 3.8) is 0 Å². The first-order chi connectivity index (χ1) is 25.7. The van der Waals surface area contributed by atoms with Crippen molar-refractivity contribution >= 4 is 39.5 Å². The molecule has 0 unspecified atom stereocenters. The summed E-state index contributed by atoms with van der Waals surface area (Å²) < 4.78 is 6.28. The van der Waals surface area contributed by atoms with Crippen LogP contribution in [0.2, 0.25) is 0 Å². The van der Waals surface area contributed by atoms with Gasteiger partial charge in [0.05, 0.1) is 17.6 Å². The van der Waals surface area contributed by atoms with Gasteiger partial charge >= 0.3 is 5.97 Å². The van der Waals surface area contributed by atoms with E-state index in [-0.39, 0.29) is 12.1 Å². The van der Waals surface area contributed by atoms with Gasteiger partial charge in [0.15, 0.2) is 11.4 Å². The van der Waals surface area contributed by atoms with Crippen LogP contribution < -0.4 is 10.6 Å². The quantitative estimate of drug-likeness (QED) is 0.114. The van der Waals surface area contributed by atoms with E-state index in [2.05, 4.69) is 58.6 Å². The summed E-state index contributed by atoms with van der Waals surface area (Å²) in [7, 11) is 0. The first kappa shape index (κ1) is 34.4. The molecule has 6 aromatic rings. The molecule has 3 atom stereocenters. The van der Waals surface area contributed by atoms with Crippen LogP contribution in [0.25, 0.3) is 44.6 Å². The van der Waals surface area contributed by atoms with Gasteiger partial charge < -0.3 is 25.3 Å². The summed E-state index contributed by atoms with van der Waals surface area (Å²) in [6, 6.07) is 22.2. The maximum Gasteiger partial charge on any atom is 0.308 e. The number of nitriles is 1. The van der Waals surface area contributed by atoms with Gasteiger partial charge in [-0.1, -0.05) is 30.7 Å². The fourth-order valence-corrected chi connectivity index (χ4v) is 7.99. The van der Waals surface area contributed by atoms with E-state index in [0.29, 0.717) is 47.9 Å². The molecule has 0 radical (unpaired) electrons. The number of likely N-dealkylation sites (tertiary alicyclic amines) is 1. The van der Waals surface area contributed by atoms with Crippen molar-refractivity contribution in [2.75, 3.05) is 18.4 Å². The lowest BCUT2D eigenvalue weighted by atomic mass is 9.93. The molecule has 1 aliphatic carbocycles. The highest BCUT2D eigenvalue weighted by atomic mass is 16.4. The van der Waals surface area contributed by atoms with E-state index < -0.39 is 11.9 Å². The lowest BCUT2D eigenvalue weighted by molar-refractivity contribution is -0.142. The number of rotatable bonds is 10. The van der Waals surface area contributed by atoms with Crippen LogP contribution in [-0.4, -0.2) is 61.3 Å². The summed E-state index contributed by atoms with van der Waals surface area (Å²) >= 11 is 0. The summed E-state index contributed by atoms with van der Waals surface area (Å²) in [6.45, 7) is 6.91. The van der Waals surface area contributed by atoms with Crippen molar-refractivity contribution in [1.29, 1.82) is 5.26 Å². The highest BCUT2D eigenvalue weighted by molar-refractivity contribution is 5.91. The molecule has 8 rings (SSSR count). The Labute approximate surface area is 307 Å². The van der Waals surface area contributed by atoms with Gasteiger partial charge in [0, 0.05) is 61.3 Å². The maximum atomic E-state index is 11.7. The van der Waals surface area contributed by atoms with Crippen molar-refractivity contribution in [2.24, 2.45) is 5.92 Å². The summed E-state index contributed by atoms with van der Waals surface area (Å²) in [5.41, 5.74) is 10.0. The molecule has 0 bridgehead atoms. The molecule has 4 N–H and O–H groups in total. The van der Waals surface area contributed by atoms with Crippen molar-refractivity contribution < 1.29 is 19.4 Å². The van der Waals surface area contributed by atoms with Gasteiger partial charge in [-0.25, -0.2) is 9.97 Å². The molecule has 0 spiro atoms. The number of aliphatic carboxylic acids is 1. The Morgan fingerprint density at radius 1 is 1.00 bits per heavy atom. The molecule has 11 nitrogen and oxygen atoms in total. The van der Waals surface area contributed by atoms with Gasteiger partial charge in [0.1, 0.15) is 17.1 Å². The number of carboxylic acid groups (broad SMARTS) is 1. The number of nitrogens with zero attached hydrogens (tertiary/aromatic N) is 5. The summed E-state index contributed by atoms with van der Waals surface area (Å²) in [6.07, 6.45) is 6.62. The Bertz CT molecular complexity index is 2400. The van der Waals surface area contributed by atoms with E-state index in [0.717, 1.165) is 87.9 Å². The number of hydrogen-bond acceptors (Lipinski definition) is 10. The number of fused-ring (bicyclic) bond motifs is 2. The van der Waals surface area contributed by atoms with Crippen LogP contribution in [0, 0.1) is 31.1 Å². The standard InChI is InChI=1S/C42H41N7O4/c1-24-31(6-3-8-33(24)41-48-37-18-26(16-29(19-43)39(37)53-41)20-45-36-11-5-9-34(36)42(51)52)32-7-4-10-35(25(32)2)47-40-38-28(12-14-44-40)17-27(21-46-38)22-49-15-13-30(50)23-49/h3-4,6-8,10,12,14,16-18,21,30,34,36,45,50H,5,9,11,13,15,20,22-23H2,1-2H3,(H,44,47)(H,51,52)/t30-,34-,36+/m1/s1. The molecule has 4 heterocycles. The number of hydrogen-bond donors (Lipinski definition) is 4. The third-order valence-electron chi connectivity index (χ3n) is 10.8. The van der Waals surface area contributed by atoms with Crippen LogP contribution in [0.15, 0.2) is 77.5 Å². The molecular formula is C42H41N7O4. The summed E-state index contributed by atoms with van der Waals surface area (Å²) in [5.74, 6) is -0.0583. The van der Waals surface area contributed by atoms with Crippen LogP contribution in [0.3, 0.4) is 0 Å². The third-order valence-corrected chi connectivity index (χ3v) is 10.8. The van der Waals surface area contributed by atoms with Crippen molar-refractivity contribution in [1.82, 2.24) is 25.2 Å². The topological polar surface area (TPSA) is 160 Å². The van der Waals surface area contributed by atoms with Crippen LogP contribution in [0.5, 0.6) is 0 Å². The molecule has 53 heavy (non-hydrogen) atoms. The predicted molar refractivity (Wildman–Crippen MR) is 203 cm³/mol. The normalized spacial score (nSPS) is 18.9. The predicted octanol–water partition coefficient (Wildman–Crippen LogP) is 7.25. The van der Waals surface area contributed by atoms with E-state index in [4.69, 9.17) is 14.4 Å². The van der Waals surface area contributed by atoms with Crippen LogP contribution in [-0.2, 0) is 17.9 Å². The van der Waals surface area contributed by atoms with Gasteiger partial charge in [0.2, 0.25) is 5.89 Å². The number of nitrogens with one attached hydrogen (secondary N) is 2.